The fourth-order valence-electron chi connectivity index (χ4n) is 2.98. The Morgan fingerprint density at radius 2 is 2.07 bits per heavy atom. The molecule has 1 fully saturated rings. The normalized spacial score (nSPS) is 15.2. The number of benzene rings is 1. The van der Waals surface area contributed by atoms with Crippen molar-refractivity contribution in [2.45, 2.75) is 6.54 Å². The lowest BCUT2D eigenvalue weighted by Gasteiger charge is -2.34. The number of hydrogen-bond donors (Lipinski definition) is 1. The van der Waals surface area contributed by atoms with E-state index in [1.165, 1.54) is 12.1 Å². The second-order valence-electron chi connectivity index (χ2n) is 6.22. The van der Waals surface area contributed by atoms with E-state index < -0.39 is 0 Å². The molecule has 0 unspecified atom stereocenters. The van der Waals surface area contributed by atoms with Crippen LogP contribution in [0.15, 0.2) is 40.2 Å². The van der Waals surface area contributed by atoms with E-state index in [9.17, 15) is 9.90 Å². The maximum Gasteiger partial charge on any atom is 0.257 e. The number of piperazine rings is 1. The SMILES string of the molecule is O=C(c1cc(Cl)ccc1O)N1CCN(Cc2nc(-c3cccs3)no2)CC1. The maximum atomic E-state index is 12.6. The van der Waals surface area contributed by atoms with Crippen LogP contribution in [0.5, 0.6) is 5.75 Å². The van der Waals surface area contributed by atoms with Crippen molar-refractivity contribution in [2.24, 2.45) is 0 Å². The van der Waals surface area contributed by atoms with E-state index in [2.05, 4.69) is 15.0 Å². The molecule has 27 heavy (non-hydrogen) atoms. The largest absolute Gasteiger partial charge is 0.507 e. The first-order chi connectivity index (χ1) is 13.1. The quantitative estimate of drug-likeness (QED) is 0.719. The molecule has 1 amide bonds. The van der Waals surface area contributed by atoms with E-state index in [1.54, 1.807) is 22.3 Å². The van der Waals surface area contributed by atoms with Gasteiger partial charge in [0, 0.05) is 31.2 Å². The molecule has 9 heteroatoms. The molecule has 1 saturated heterocycles. The Bertz CT molecular complexity index is 936. The molecule has 3 heterocycles. The van der Waals surface area contributed by atoms with Crippen LogP contribution in [-0.4, -0.2) is 57.1 Å². The van der Waals surface area contributed by atoms with Gasteiger partial charge in [-0.2, -0.15) is 4.98 Å². The topological polar surface area (TPSA) is 82.7 Å². The molecule has 140 valence electrons. The minimum atomic E-state index is -0.215. The zero-order chi connectivity index (χ0) is 18.8. The average Bonchev–Trinajstić information content (AvgIpc) is 3.35. The van der Waals surface area contributed by atoms with Crippen molar-refractivity contribution in [1.82, 2.24) is 19.9 Å². The molecule has 0 radical (unpaired) electrons. The molecule has 0 saturated carbocycles. The second kappa shape index (κ2) is 7.67. The lowest BCUT2D eigenvalue weighted by Crippen LogP contribution is -2.48. The number of carbonyl (C=O) groups is 1. The molecule has 4 rings (SSSR count). The van der Waals surface area contributed by atoms with Gasteiger partial charge in [0.05, 0.1) is 17.0 Å². The van der Waals surface area contributed by atoms with E-state index in [1.807, 2.05) is 17.5 Å². The molecule has 0 aliphatic carbocycles. The van der Waals surface area contributed by atoms with Crippen molar-refractivity contribution in [3.8, 4) is 16.5 Å². The van der Waals surface area contributed by atoms with E-state index in [0.29, 0.717) is 49.5 Å². The van der Waals surface area contributed by atoms with Gasteiger partial charge in [-0.25, -0.2) is 0 Å². The van der Waals surface area contributed by atoms with Crippen LogP contribution in [0.2, 0.25) is 5.02 Å². The Labute approximate surface area is 164 Å². The fraction of sp³-hybridized carbons (Fsp3) is 0.278. The highest BCUT2D eigenvalue weighted by Crippen LogP contribution is 2.24. The summed E-state index contributed by atoms with van der Waals surface area (Å²) in [6.45, 7) is 3.02. The number of carbonyl (C=O) groups excluding carboxylic acids is 1. The van der Waals surface area contributed by atoms with Gasteiger partial charge < -0.3 is 14.5 Å². The van der Waals surface area contributed by atoms with Crippen molar-refractivity contribution in [3.63, 3.8) is 0 Å². The zero-order valence-corrected chi connectivity index (χ0v) is 15.9. The molecule has 0 bridgehead atoms. The molecule has 3 aromatic rings. The molecule has 1 aromatic carbocycles. The Hall–Kier alpha value is -2.42. The minimum Gasteiger partial charge on any atom is -0.507 e. The Morgan fingerprint density at radius 3 is 2.81 bits per heavy atom. The van der Waals surface area contributed by atoms with Gasteiger partial charge in [0.15, 0.2) is 0 Å². The summed E-state index contributed by atoms with van der Waals surface area (Å²) in [6, 6.07) is 8.39. The summed E-state index contributed by atoms with van der Waals surface area (Å²) in [5.74, 6) is 0.891. The molecular weight excluding hydrogens is 388 g/mol. The van der Waals surface area contributed by atoms with Crippen molar-refractivity contribution in [2.75, 3.05) is 26.2 Å². The molecule has 1 aliphatic heterocycles. The number of phenols is 1. The van der Waals surface area contributed by atoms with Crippen molar-refractivity contribution >= 4 is 28.8 Å². The van der Waals surface area contributed by atoms with Gasteiger partial charge in [0.25, 0.3) is 5.91 Å². The summed E-state index contributed by atoms with van der Waals surface area (Å²) in [6.07, 6.45) is 0. The number of phenolic OH excluding ortho intramolecular Hbond substituents is 1. The smallest absolute Gasteiger partial charge is 0.257 e. The lowest BCUT2D eigenvalue weighted by molar-refractivity contribution is 0.0612. The number of hydrogen-bond acceptors (Lipinski definition) is 7. The van der Waals surface area contributed by atoms with Crippen molar-refractivity contribution in [1.29, 1.82) is 0 Å². The second-order valence-corrected chi connectivity index (χ2v) is 7.60. The summed E-state index contributed by atoms with van der Waals surface area (Å²) in [7, 11) is 0. The van der Waals surface area contributed by atoms with Gasteiger partial charge in [-0.05, 0) is 29.6 Å². The molecule has 0 spiro atoms. The molecule has 1 aliphatic rings. The van der Waals surface area contributed by atoms with Crippen LogP contribution in [0.3, 0.4) is 0 Å². The third-order valence-corrected chi connectivity index (χ3v) is 5.52. The van der Waals surface area contributed by atoms with Crippen molar-refractivity contribution in [3.05, 3.63) is 52.2 Å². The molecule has 7 nitrogen and oxygen atoms in total. The fourth-order valence-corrected chi connectivity index (χ4v) is 3.80. The van der Waals surface area contributed by atoms with Crippen LogP contribution < -0.4 is 0 Å². The minimum absolute atomic E-state index is 0.0567. The highest BCUT2D eigenvalue weighted by atomic mass is 35.5. The van der Waals surface area contributed by atoms with E-state index >= 15 is 0 Å². The Morgan fingerprint density at radius 1 is 1.26 bits per heavy atom. The van der Waals surface area contributed by atoms with E-state index in [-0.39, 0.29) is 17.2 Å². The van der Waals surface area contributed by atoms with Crippen LogP contribution in [0.4, 0.5) is 0 Å². The third-order valence-electron chi connectivity index (χ3n) is 4.42. The van der Waals surface area contributed by atoms with Crippen LogP contribution in [0.1, 0.15) is 16.2 Å². The summed E-state index contributed by atoms with van der Waals surface area (Å²) in [4.78, 5) is 21.9. The standard InChI is InChI=1S/C18H17ClN4O3S/c19-12-3-4-14(24)13(10-12)18(25)23-7-5-22(6-8-23)11-16-20-17(21-26-16)15-2-1-9-27-15/h1-4,9-10,24H,5-8,11H2. The highest BCUT2D eigenvalue weighted by Gasteiger charge is 2.25. The van der Waals surface area contributed by atoms with Crippen LogP contribution in [0, 0.1) is 0 Å². The molecular formula is C18H17ClN4O3S. The number of rotatable bonds is 4. The Balaban J connectivity index is 1.35. The summed E-state index contributed by atoms with van der Waals surface area (Å²) in [5, 5.41) is 16.3. The number of aromatic nitrogens is 2. The predicted molar refractivity (Wildman–Crippen MR) is 102 cm³/mol. The summed E-state index contributed by atoms with van der Waals surface area (Å²) < 4.78 is 5.34. The summed E-state index contributed by atoms with van der Waals surface area (Å²) >= 11 is 7.51. The third kappa shape index (κ3) is 3.97. The van der Waals surface area contributed by atoms with Gasteiger partial charge in [0.2, 0.25) is 11.7 Å². The van der Waals surface area contributed by atoms with Crippen LogP contribution >= 0.6 is 22.9 Å². The number of halogens is 1. The maximum absolute atomic E-state index is 12.6. The van der Waals surface area contributed by atoms with Crippen molar-refractivity contribution < 1.29 is 14.4 Å². The number of thiophene rings is 1. The molecule has 2 aromatic heterocycles. The average molecular weight is 405 g/mol. The monoisotopic (exact) mass is 404 g/mol. The molecule has 1 N–H and O–H groups in total. The zero-order valence-electron chi connectivity index (χ0n) is 14.3. The van der Waals surface area contributed by atoms with Gasteiger partial charge in [0.1, 0.15) is 5.75 Å². The first kappa shape index (κ1) is 18.0. The molecule has 0 atom stereocenters. The number of nitrogens with zero attached hydrogens (tertiary/aromatic N) is 4. The lowest BCUT2D eigenvalue weighted by atomic mass is 10.1. The summed E-state index contributed by atoms with van der Waals surface area (Å²) in [5.41, 5.74) is 0.230. The first-order valence-corrected chi connectivity index (χ1v) is 9.72. The van der Waals surface area contributed by atoms with Gasteiger partial charge in [-0.1, -0.05) is 22.8 Å². The number of aromatic hydroxyl groups is 1. The van der Waals surface area contributed by atoms with Crippen LogP contribution in [-0.2, 0) is 6.54 Å². The number of amides is 1. The highest BCUT2D eigenvalue weighted by molar-refractivity contribution is 7.13. The Kier molecular flexibility index (Phi) is 5.11. The van der Waals surface area contributed by atoms with Gasteiger partial charge in [-0.15, -0.1) is 11.3 Å². The van der Waals surface area contributed by atoms with E-state index in [4.69, 9.17) is 16.1 Å². The predicted octanol–water partition coefficient (Wildman–Crippen LogP) is 3.12. The first-order valence-electron chi connectivity index (χ1n) is 8.47. The van der Waals surface area contributed by atoms with Crippen LogP contribution in [0.25, 0.3) is 10.7 Å². The van der Waals surface area contributed by atoms with E-state index in [0.717, 1.165) is 4.88 Å². The van der Waals surface area contributed by atoms with Gasteiger partial charge >= 0.3 is 0 Å². The van der Waals surface area contributed by atoms with Gasteiger partial charge in [-0.3, -0.25) is 9.69 Å².